The molecule has 282 valence electrons. The molecular weight excluding hydrogens is 659 g/mol. The van der Waals surface area contributed by atoms with E-state index < -0.39 is 72.7 Å². The maximum Gasteiger partial charge on any atom is 0.315 e. The second-order valence-electron chi connectivity index (χ2n) is 18.7. The molecule has 6 atom stereocenters. The lowest BCUT2D eigenvalue weighted by Crippen LogP contribution is -2.64. The largest absolute Gasteiger partial charge is 0.347 e. The third kappa shape index (κ3) is 7.44. The fourth-order valence-corrected chi connectivity index (χ4v) is 10.2. The third-order valence-electron chi connectivity index (χ3n) is 12.3. The van der Waals surface area contributed by atoms with E-state index in [4.69, 9.17) is 0 Å². The Kier molecular flexibility index (Phi) is 10.1. The van der Waals surface area contributed by atoms with Crippen molar-refractivity contribution < 1.29 is 32.4 Å². The van der Waals surface area contributed by atoms with Crippen LogP contribution in [-0.4, -0.2) is 89.1 Å². The van der Waals surface area contributed by atoms with Crippen molar-refractivity contribution in [1.29, 1.82) is 0 Å². The molecule has 13 heteroatoms. The quantitative estimate of drug-likeness (QED) is 0.223. The molecule has 0 aromatic rings. The van der Waals surface area contributed by atoms with Crippen LogP contribution in [0.3, 0.4) is 0 Å². The number of ketones is 1. The number of nitrogens with one attached hydrogen (secondary N) is 4. The number of amides is 5. The average molecular weight is 720 g/mol. The molecular formula is C37H61N5O7S. The minimum Gasteiger partial charge on any atom is -0.347 e. The van der Waals surface area contributed by atoms with Gasteiger partial charge in [0.1, 0.15) is 17.6 Å². The first kappa shape index (κ1) is 38.5. The lowest BCUT2D eigenvalue weighted by molar-refractivity contribution is -0.146. The van der Waals surface area contributed by atoms with Crippen LogP contribution in [0.4, 0.5) is 4.79 Å². The van der Waals surface area contributed by atoms with E-state index in [0.717, 1.165) is 38.5 Å². The highest BCUT2D eigenvalue weighted by Crippen LogP contribution is 2.65. The van der Waals surface area contributed by atoms with Gasteiger partial charge in [0.25, 0.3) is 5.91 Å². The van der Waals surface area contributed by atoms with Crippen LogP contribution < -0.4 is 21.3 Å². The normalized spacial score (nSPS) is 30.4. The van der Waals surface area contributed by atoms with E-state index in [1.54, 1.807) is 25.7 Å². The van der Waals surface area contributed by atoms with Gasteiger partial charge in [-0.15, -0.1) is 0 Å². The van der Waals surface area contributed by atoms with Crippen LogP contribution in [0.2, 0.25) is 0 Å². The van der Waals surface area contributed by atoms with Crippen LogP contribution in [0.25, 0.3) is 0 Å². The van der Waals surface area contributed by atoms with Crippen LogP contribution in [0.15, 0.2) is 0 Å². The van der Waals surface area contributed by atoms with E-state index in [-0.39, 0.29) is 35.0 Å². The van der Waals surface area contributed by atoms with E-state index in [1.807, 2.05) is 27.7 Å². The topological polar surface area (TPSA) is 171 Å². The number of sulfone groups is 1. The summed E-state index contributed by atoms with van der Waals surface area (Å²) < 4.78 is 25.7. The van der Waals surface area contributed by atoms with Gasteiger partial charge in [0.05, 0.1) is 16.0 Å². The van der Waals surface area contributed by atoms with Crippen molar-refractivity contribution in [3.8, 4) is 0 Å². The number of Topliss-reactive ketones (excluding diaryl/α,β-unsaturated/α-hetero) is 1. The van der Waals surface area contributed by atoms with Crippen molar-refractivity contribution in [3.05, 3.63) is 0 Å². The van der Waals surface area contributed by atoms with Crippen LogP contribution in [0.5, 0.6) is 0 Å². The van der Waals surface area contributed by atoms with E-state index in [9.17, 15) is 32.4 Å². The first-order chi connectivity index (χ1) is 23.0. The number of carbonyl (C=O) groups excluding carboxylic acids is 5. The minimum atomic E-state index is -3.56. The minimum absolute atomic E-state index is 0.00783. The summed E-state index contributed by atoms with van der Waals surface area (Å²) in [5.74, 6) is -2.51. The summed E-state index contributed by atoms with van der Waals surface area (Å²) in [6, 6.07) is -2.49. The Bertz CT molecular complexity index is 1500. The van der Waals surface area contributed by atoms with Gasteiger partial charge in [0.15, 0.2) is 9.84 Å². The molecule has 12 nitrogen and oxygen atoms in total. The number of nitrogens with zero attached hydrogens (tertiary/aromatic N) is 1. The summed E-state index contributed by atoms with van der Waals surface area (Å²) in [6.45, 7) is 17.0. The first-order valence-electron chi connectivity index (χ1n) is 18.8. The zero-order valence-corrected chi connectivity index (χ0v) is 32.5. The Morgan fingerprint density at radius 1 is 0.920 bits per heavy atom. The zero-order valence-electron chi connectivity index (χ0n) is 31.7. The molecule has 1 saturated heterocycles. The number of rotatable bonds is 12. The molecule has 1 aliphatic heterocycles. The van der Waals surface area contributed by atoms with Crippen LogP contribution in [-0.2, 0) is 29.0 Å². The Morgan fingerprint density at radius 3 is 2.08 bits per heavy atom. The van der Waals surface area contributed by atoms with Crippen LogP contribution in [0, 0.1) is 28.6 Å². The fourth-order valence-electron chi connectivity index (χ4n) is 8.64. The molecule has 0 radical (unpaired) electrons. The first-order valence-corrected chi connectivity index (χ1v) is 20.4. The molecule has 4 saturated carbocycles. The van der Waals surface area contributed by atoms with Gasteiger partial charge in [0.2, 0.25) is 17.6 Å². The van der Waals surface area contributed by atoms with Gasteiger partial charge >= 0.3 is 6.03 Å². The molecule has 0 aromatic heterocycles. The molecule has 5 aliphatic rings. The Morgan fingerprint density at radius 2 is 1.54 bits per heavy atom. The summed E-state index contributed by atoms with van der Waals surface area (Å²) in [7, 11) is -3.56. The van der Waals surface area contributed by atoms with E-state index in [0.29, 0.717) is 32.2 Å². The molecule has 5 rings (SSSR count). The predicted octanol–water partition coefficient (Wildman–Crippen LogP) is 3.62. The van der Waals surface area contributed by atoms with Crippen LogP contribution in [0.1, 0.15) is 127 Å². The SMILES string of the molecule is CCCC1C[C@@]1(NC(=O)[C@@H]1[C@@H]2[C@H](CN1C(=O)[C@@H](NC(=O)NC1(CS(=O)(=O)C(C)(C)C)CCCCC1)C(C)(C)C)C2(C)C)C(=O)C(=O)NC1CC1. The standard InChI is InChI=1S/C37H61N5O7S/c1-10-14-22-19-37(22,28(43)30(45)38-23-15-16-23)40-29(44)26-25-24(35(25,8)9)20-42(26)31(46)27(33(2,3)4)39-32(47)41-36(17-12-11-13-18-36)21-50(48,49)34(5,6)7/h22-27H,10-21H2,1-9H3,(H,38,45)(H,40,44)(H2,39,41,47)/t22?,24-,25-,26-,27+,37-/m0/s1. The maximum absolute atomic E-state index is 14.5. The molecule has 0 bridgehead atoms. The van der Waals surface area contributed by atoms with Crippen molar-refractivity contribution in [1.82, 2.24) is 26.2 Å². The average Bonchev–Trinajstić information content (AvgIpc) is 3.94. The second-order valence-corrected chi connectivity index (χ2v) is 21.5. The molecule has 1 unspecified atom stereocenters. The number of urea groups is 1. The molecule has 4 aliphatic carbocycles. The highest BCUT2D eigenvalue weighted by atomic mass is 32.2. The molecule has 4 N–H and O–H groups in total. The predicted molar refractivity (Wildman–Crippen MR) is 191 cm³/mol. The monoisotopic (exact) mass is 719 g/mol. The van der Waals surface area contributed by atoms with Crippen LogP contribution >= 0.6 is 0 Å². The highest BCUT2D eigenvalue weighted by molar-refractivity contribution is 7.92. The lowest BCUT2D eigenvalue weighted by atomic mass is 9.83. The molecule has 50 heavy (non-hydrogen) atoms. The summed E-state index contributed by atoms with van der Waals surface area (Å²) in [5, 5.41) is 11.7. The summed E-state index contributed by atoms with van der Waals surface area (Å²) in [4.78, 5) is 70.7. The highest BCUT2D eigenvalue weighted by Gasteiger charge is 2.71. The van der Waals surface area contributed by atoms with Gasteiger partial charge < -0.3 is 26.2 Å². The van der Waals surface area contributed by atoms with E-state index in [2.05, 4.69) is 35.1 Å². The number of hydrogen-bond acceptors (Lipinski definition) is 7. The summed E-state index contributed by atoms with van der Waals surface area (Å²) in [6.07, 6.45) is 7.14. The molecule has 1 heterocycles. The van der Waals surface area contributed by atoms with Crippen molar-refractivity contribution in [2.75, 3.05) is 12.3 Å². The number of carbonyl (C=O) groups is 5. The lowest BCUT2D eigenvalue weighted by Gasteiger charge is -2.41. The molecule has 0 spiro atoms. The van der Waals surface area contributed by atoms with E-state index >= 15 is 0 Å². The van der Waals surface area contributed by atoms with Gasteiger partial charge in [-0.2, -0.15) is 0 Å². The van der Waals surface area contributed by atoms with Crippen molar-refractivity contribution in [2.45, 2.75) is 160 Å². The Balaban J connectivity index is 1.36. The fraction of sp³-hybridized carbons (Fsp3) is 0.865. The Hall–Kier alpha value is -2.70. The van der Waals surface area contributed by atoms with Gasteiger partial charge in [-0.25, -0.2) is 13.2 Å². The van der Waals surface area contributed by atoms with Gasteiger partial charge in [0, 0.05) is 12.6 Å². The third-order valence-corrected chi connectivity index (χ3v) is 15.1. The van der Waals surface area contributed by atoms with Crippen molar-refractivity contribution in [2.24, 2.45) is 28.6 Å². The zero-order chi connectivity index (χ0) is 37.2. The molecule has 0 aromatic carbocycles. The Labute approximate surface area is 298 Å². The van der Waals surface area contributed by atoms with Gasteiger partial charge in [-0.3, -0.25) is 19.2 Å². The number of likely N-dealkylation sites (tertiary alicyclic amines) is 1. The number of fused-ring (bicyclic) bond motifs is 1. The smallest absolute Gasteiger partial charge is 0.315 e. The van der Waals surface area contributed by atoms with E-state index in [1.165, 1.54) is 0 Å². The molecule has 5 amide bonds. The van der Waals surface area contributed by atoms with Gasteiger partial charge in [-0.1, -0.05) is 67.2 Å². The molecule has 5 fully saturated rings. The van der Waals surface area contributed by atoms with Gasteiger partial charge in [-0.05, 0) is 87.9 Å². The second kappa shape index (κ2) is 13.1. The number of piperidine rings is 1. The van der Waals surface area contributed by atoms with Crippen molar-refractivity contribution >= 4 is 39.4 Å². The number of hydrogen-bond donors (Lipinski definition) is 4. The van der Waals surface area contributed by atoms with Crippen molar-refractivity contribution in [3.63, 3.8) is 0 Å². The summed E-state index contributed by atoms with van der Waals surface area (Å²) in [5.41, 5.74) is -3.18. The maximum atomic E-state index is 14.5. The summed E-state index contributed by atoms with van der Waals surface area (Å²) >= 11 is 0.